The first-order valence-corrected chi connectivity index (χ1v) is 7.18. The van der Waals surface area contributed by atoms with E-state index in [0.717, 1.165) is 17.9 Å². The predicted octanol–water partition coefficient (Wildman–Crippen LogP) is 3.36. The molecule has 1 heterocycles. The molecule has 0 saturated heterocycles. The second-order valence-corrected chi connectivity index (χ2v) is 5.01. The monoisotopic (exact) mass is 277 g/mol. The maximum atomic E-state index is 4.55. The summed E-state index contributed by atoms with van der Waals surface area (Å²) in [4.78, 5) is 4.55. The molecular formula is C18H19N3. The fourth-order valence-electron chi connectivity index (χ4n) is 2.62. The van der Waals surface area contributed by atoms with E-state index in [9.17, 15) is 0 Å². The molecule has 21 heavy (non-hydrogen) atoms. The zero-order valence-corrected chi connectivity index (χ0v) is 12.1. The zero-order valence-electron chi connectivity index (χ0n) is 12.1. The average Bonchev–Trinajstić information content (AvgIpc) is 3.03. The van der Waals surface area contributed by atoms with E-state index in [4.69, 9.17) is 0 Å². The number of hydrogen-bond acceptors (Lipinski definition) is 2. The van der Waals surface area contributed by atoms with Crippen LogP contribution in [0.3, 0.4) is 0 Å². The molecule has 0 bridgehead atoms. The predicted molar refractivity (Wildman–Crippen MR) is 86.2 cm³/mol. The highest BCUT2D eigenvalue weighted by atomic mass is 15.1. The highest BCUT2D eigenvalue weighted by Gasteiger charge is 2.16. The van der Waals surface area contributed by atoms with Gasteiger partial charge in [0.2, 0.25) is 0 Å². The molecule has 0 aliphatic rings. The van der Waals surface area contributed by atoms with E-state index in [0.29, 0.717) is 0 Å². The first-order chi connectivity index (χ1) is 10.4. The third-order valence-electron chi connectivity index (χ3n) is 3.62. The van der Waals surface area contributed by atoms with E-state index >= 15 is 0 Å². The van der Waals surface area contributed by atoms with Gasteiger partial charge in [-0.3, -0.25) is 0 Å². The Morgan fingerprint density at radius 2 is 1.67 bits per heavy atom. The van der Waals surface area contributed by atoms with Gasteiger partial charge in [0.05, 0.1) is 6.04 Å². The van der Waals surface area contributed by atoms with Gasteiger partial charge in [-0.1, -0.05) is 60.7 Å². The van der Waals surface area contributed by atoms with Crippen LogP contribution in [0.4, 0.5) is 0 Å². The number of rotatable bonds is 5. The van der Waals surface area contributed by atoms with Crippen LogP contribution in [0.2, 0.25) is 0 Å². The second kappa shape index (κ2) is 6.37. The normalized spacial score (nSPS) is 12.2. The van der Waals surface area contributed by atoms with Gasteiger partial charge < -0.3 is 9.88 Å². The molecule has 0 saturated carbocycles. The SMILES string of the molecule is CNCC(c1ccccc1)n1ccnc1-c1ccccc1. The molecule has 2 aromatic carbocycles. The van der Waals surface area contributed by atoms with Gasteiger partial charge in [0.1, 0.15) is 5.82 Å². The van der Waals surface area contributed by atoms with E-state index in [1.165, 1.54) is 5.56 Å². The highest BCUT2D eigenvalue weighted by molar-refractivity contribution is 5.55. The van der Waals surface area contributed by atoms with Crippen molar-refractivity contribution < 1.29 is 0 Å². The van der Waals surface area contributed by atoms with Crippen LogP contribution in [0.5, 0.6) is 0 Å². The molecule has 106 valence electrons. The second-order valence-electron chi connectivity index (χ2n) is 5.01. The molecule has 3 rings (SSSR count). The lowest BCUT2D eigenvalue weighted by Crippen LogP contribution is -2.23. The van der Waals surface area contributed by atoms with Crippen LogP contribution in [0.25, 0.3) is 11.4 Å². The molecule has 0 radical (unpaired) electrons. The van der Waals surface area contributed by atoms with Gasteiger partial charge in [-0.15, -0.1) is 0 Å². The van der Waals surface area contributed by atoms with Gasteiger partial charge in [-0.25, -0.2) is 4.98 Å². The molecule has 0 amide bonds. The van der Waals surface area contributed by atoms with Crippen molar-refractivity contribution >= 4 is 0 Å². The summed E-state index contributed by atoms with van der Waals surface area (Å²) in [6.45, 7) is 0.861. The molecule has 1 unspecified atom stereocenters. The number of nitrogens with one attached hydrogen (secondary N) is 1. The Labute approximate surface area is 125 Å². The quantitative estimate of drug-likeness (QED) is 0.775. The Morgan fingerprint density at radius 1 is 1.00 bits per heavy atom. The van der Waals surface area contributed by atoms with Crippen molar-refractivity contribution in [1.82, 2.24) is 14.9 Å². The summed E-state index contributed by atoms with van der Waals surface area (Å²) in [5.74, 6) is 1.000. The van der Waals surface area contributed by atoms with Gasteiger partial charge in [-0.2, -0.15) is 0 Å². The van der Waals surface area contributed by atoms with Crippen LogP contribution in [-0.4, -0.2) is 23.1 Å². The minimum Gasteiger partial charge on any atom is -0.322 e. The van der Waals surface area contributed by atoms with Crippen LogP contribution >= 0.6 is 0 Å². The van der Waals surface area contributed by atoms with Crippen molar-refractivity contribution in [2.75, 3.05) is 13.6 Å². The Kier molecular flexibility index (Phi) is 4.12. The van der Waals surface area contributed by atoms with Crippen LogP contribution < -0.4 is 5.32 Å². The molecule has 3 nitrogen and oxygen atoms in total. The molecule has 3 aromatic rings. The maximum Gasteiger partial charge on any atom is 0.140 e. The van der Waals surface area contributed by atoms with Gasteiger partial charge in [0.15, 0.2) is 0 Å². The van der Waals surface area contributed by atoms with Crippen LogP contribution in [0, 0.1) is 0 Å². The molecule has 0 fully saturated rings. The third kappa shape index (κ3) is 2.88. The minimum absolute atomic E-state index is 0.230. The highest BCUT2D eigenvalue weighted by Crippen LogP contribution is 2.25. The molecule has 1 aromatic heterocycles. The van der Waals surface area contributed by atoms with Gasteiger partial charge in [0, 0.05) is 24.5 Å². The molecule has 1 N–H and O–H groups in total. The van der Waals surface area contributed by atoms with Gasteiger partial charge in [-0.05, 0) is 12.6 Å². The van der Waals surface area contributed by atoms with E-state index in [1.54, 1.807) is 0 Å². The molecule has 1 atom stereocenters. The number of likely N-dealkylation sites (N-methyl/N-ethyl adjacent to an activating group) is 1. The fourth-order valence-corrected chi connectivity index (χ4v) is 2.62. The molecule has 3 heteroatoms. The lowest BCUT2D eigenvalue weighted by atomic mass is 10.1. The van der Waals surface area contributed by atoms with Crippen LogP contribution in [-0.2, 0) is 0 Å². The van der Waals surface area contributed by atoms with Crippen molar-refractivity contribution in [3.63, 3.8) is 0 Å². The Hall–Kier alpha value is -2.39. The summed E-state index contributed by atoms with van der Waals surface area (Å²) >= 11 is 0. The molecule has 0 spiro atoms. The Bertz CT molecular complexity index is 674. The molecule has 0 aliphatic carbocycles. The molecule has 0 aliphatic heterocycles. The fraction of sp³-hybridized carbons (Fsp3) is 0.167. The van der Waals surface area contributed by atoms with Gasteiger partial charge in [0.25, 0.3) is 0 Å². The third-order valence-corrected chi connectivity index (χ3v) is 3.62. The number of aromatic nitrogens is 2. The van der Waals surface area contributed by atoms with E-state index in [-0.39, 0.29) is 6.04 Å². The Balaban J connectivity index is 2.04. The minimum atomic E-state index is 0.230. The Morgan fingerprint density at radius 3 is 2.33 bits per heavy atom. The van der Waals surface area contributed by atoms with Crippen LogP contribution in [0.1, 0.15) is 11.6 Å². The van der Waals surface area contributed by atoms with Crippen molar-refractivity contribution in [2.45, 2.75) is 6.04 Å². The average molecular weight is 277 g/mol. The summed E-state index contributed by atoms with van der Waals surface area (Å²) < 4.78 is 2.24. The van der Waals surface area contributed by atoms with Crippen molar-refractivity contribution in [1.29, 1.82) is 0 Å². The van der Waals surface area contributed by atoms with E-state index in [1.807, 2.05) is 37.5 Å². The largest absolute Gasteiger partial charge is 0.322 e. The number of benzene rings is 2. The van der Waals surface area contributed by atoms with Gasteiger partial charge >= 0.3 is 0 Å². The van der Waals surface area contributed by atoms with E-state index < -0.39 is 0 Å². The summed E-state index contributed by atoms with van der Waals surface area (Å²) in [6, 6.07) is 21.1. The summed E-state index contributed by atoms with van der Waals surface area (Å²) in [5, 5.41) is 3.28. The first-order valence-electron chi connectivity index (χ1n) is 7.18. The standard InChI is InChI=1S/C18H19N3/c1-19-14-17(15-8-4-2-5-9-15)21-13-12-20-18(21)16-10-6-3-7-11-16/h2-13,17,19H,14H2,1H3. The maximum absolute atomic E-state index is 4.55. The summed E-state index contributed by atoms with van der Waals surface area (Å²) in [7, 11) is 1.98. The number of hydrogen-bond donors (Lipinski definition) is 1. The topological polar surface area (TPSA) is 29.9 Å². The zero-order chi connectivity index (χ0) is 14.5. The van der Waals surface area contributed by atoms with Crippen molar-refractivity contribution in [3.05, 3.63) is 78.6 Å². The van der Waals surface area contributed by atoms with Crippen molar-refractivity contribution in [3.8, 4) is 11.4 Å². The van der Waals surface area contributed by atoms with Crippen molar-refractivity contribution in [2.24, 2.45) is 0 Å². The van der Waals surface area contributed by atoms with Crippen LogP contribution in [0.15, 0.2) is 73.1 Å². The first kappa shape index (κ1) is 13.6. The smallest absolute Gasteiger partial charge is 0.140 e. The van der Waals surface area contributed by atoms with E-state index in [2.05, 4.69) is 57.5 Å². The summed E-state index contributed by atoms with van der Waals surface area (Å²) in [5.41, 5.74) is 2.42. The lowest BCUT2D eigenvalue weighted by molar-refractivity contribution is 0.554. The molecular weight excluding hydrogens is 258 g/mol. The summed E-state index contributed by atoms with van der Waals surface area (Å²) in [6.07, 6.45) is 3.92. The number of nitrogens with zero attached hydrogens (tertiary/aromatic N) is 2. The lowest BCUT2D eigenvalue weighted by Gasteiger charge is -2.21. The number of imidazole rings is 1.